The summed E-state index contributed by atoms with van der Waals surface area (Å²) in [6, 6.07) is 11.4. The SMILES string of the molecule is Fc1cc(CCl)ccc1Oc1ccc(Cl)cc1. The Bertz CT molecular complexity index is 511. The molecule has 0 fully saturated rings. The summed E-state index contributed by atoms with van der Waals surface area (Å²) in [6.45, 7) is 0. The molecule has 0 saturated heterocycles. The molecule has 0 heterocycles. The van der Waals surface area contributed by atoms with Gasteiger partial charge in [-0.25, -0.2) is 4.39 Å². The van der Waals surface area contributed by atoms with Gasteiger partial charge in [-0.3, -0.25) is 0 Å². The predicted octanol–water partition coefficient (Wildman–Crippen LogP) is 5.01. The van der Waals surface area contributed by atoms with E-state index in [4.69, 9.17) is 27.9 Å². The Morgan fingerprint density at radius 1 is 1.06 bits per heavy atom. The number of hydrogen-bond acceptors (Lipinski definition) is 1. The van der Waals surface area contributed by atoms with Gasteiger partial charge in [-0.05, 0) is 42.0 Å². The Balaban J connectivity index is 2.21. The average Bonchev–Trinajstić information content (AvgIpc) is 2.34. The van der Waals surface area contributed by atoms with E-state index < -0.39 is 5.82 Å². The Hall–Kier alpha value is -1.25. The number of benzene rings is 2. The van der Waals surface area contributed by atoms with Gasteiger partial charge in [-0.2, -0.15) is 0 Å². The lowest BCUT2D eigenvalue weighted by molar-refractivity contribution is 0.442. The van der Waals surface area contributed by atoms with Gasteiger partial charge >= 0.3 is 0 Å². The monoisotopic (exact) mass is 270 g/mol. The minimum atomic E-state index is -0.432. The summed E-state index contributed by atoms with van der Waals surface area (Å²) < 4.78 is 19.0. The second kappa shape index (κ2) is 5.39. The molecule has 0 aromatic heterocycles. The number of ether oxygens (including phenoxy) is 1. The van der Waals surface area contributed by atoms with Crippen LogP contribution in [0.4, 0.5) is 4.39 Å². The lowest BCUT2D eigenvalue weighted by Gasteiger charge is -2.07. The zero-order valence-corrected chi connectivity index (χ0v) is 10.3. The number of hydrogen-bond donors (Lipinski definition) is 0. The van der Waals surface area contributed by atoms with Crippen LogP contribution in [0.25, 0.3) is 0 Å². The van der Waals surface area contributed by atoms with Crippen molar-refractivity contribution in [2.24, 2.45) is 0 Å². The maximum absolute atomic E-state index is 13.6. The minimum Gasteiger partial charge on any atom is -0.454 e. The molecule has 2 rings (SSSR count). The van der Waals surface area contributed by atoms with Crippen LogP contribution >= 0.6 is 23.2 Å². The molecule has 17 heavy (non-hydrogen) atoms. The van der Waals surface area contributed by atoms with Crippen molar-refractivity contribution in [3.05, 3.63) is 58.9 Å². The molecule has 4 heteroatoms. The van der Waals surface area contributed by atoms with E-state index in [2.05, 4.69) is 0 Å². The van der Waals surface area contributed by atoms with E-state index >= 15 is 0 Å². The summed E-state index contributed by atoms with van der Waals surface area (Å²) in [5, 5.41) is 0.607. The fraction of sp³-hybridized carbons (Fsp3) is 0.0769. The van der Waals surface area contributed by atoms with Crippen molar-refractivity contribution in [3.63, 3.8) is 0 Å². The summed E-state index contributed by atoms with van der Waals surface area (Å²) in [4.78, 5) is 0. The third kappa shape index (κ3) is 3.11. The van der Waals surface area contributed by atoms with Gasteiger partial charge in [0.15, 0.2) is 11.6 Å². The standard InChI is InChI=1S/C13H9Cl2FO/c14-8-9-1-6-13(12(16)7-9)17-11-4-2-10(15)3-5-11/h1-7H,8H2. The molecular formula is C13H9Cl2FO. The van der Waals surface area contributed by atoms with Gasteiger partial charge in [0.1, 0.15) is 5.75 Å². The van der Waals surface area contributed by atoms with Crippen LogP contribution < -0.4 is 4.74 Å². The second-order valence-corrected chi connectivity index (χ2v) is 4.16. The van der Waals surface area contributed by atoms with Gasteiger partial charge in [0, 0.05) is 10.9 Å². The highest BCUT2D eigenvalue weighted by molar-refractivity contribution is 6.30. The van der Waals surface area contributed by atoms with Gasteiger partial charge in [-0.1, -0.05) is 17.7 Å². The number of rotatable bonds is 3. The van der Waals surface area contributed by atoms with E-state index in [1.807, 2.05) is 0 Å². The van der Waals surface area contributed by atoms with Crippen LogP contribution in [0.2, 0.25) is 5.02 Å². The lowest BCUT2D eigenvalue weighted by atomic mass is 10.2. The number of alkyl halides is 1. The van der Waals surface area contributed by atoms with Gasteiger partial charge < -0.3 is 4.74 Å². The highest BCUT2D eigenvalue weighted by Crippen LogP contribution is 2.26. The maximum Gasteiger partial charge on any atom is 0.166 e. The molecule has 0 aliphatic rings. The molecular weight excluding hydrogens is 262 g/mol. The summed E-state index contributed by atoms with van der Waals surface area (Å²) in [6.07, 6.45) is 0. The summed E-state index contributed by atoms with van der Waals surface area (Å²) in [5.41, 5.74) is 0.715. The highest BCUT2D eigenvalue weighted by Gasteiger charge is 2.05. The van der Waals surface area contributed by atoms with Crippen molar-refractivity contribution in [2.45, 2.75) is 5.88 Å². The molecule has 0 N–H and O–H groups in total. The fourth-order valence-electron chi connectivity index (χ4n) is 1.34. The van der Waals surface area contributed by atoms with Crippen molar-refractivity contribution < 1.29 is 9.13 Å². The zero-order chi connectivity index (χ0) is 12.3. The van der Waals surface area contributed by atoms with Crippen molar-refractivity contribution in [1.29, 1.82) is 0 Å². The summed E-state index contributed by atoms with van der Waals surface area (Å²) in [5.74, 6) is 0.546. The lowest BCUT2D eigenvalue weighted by Crippen LogP contribution is -1.89. The molecule has 0 aliphatic carbocycles. The van der Waals surface area contributed by atoms with Crippen LogP contribution in [0.1, 0.15) is 5.56 Å². The topological polar surface area (TPSA) is 9.23 Å². The zero-order valence-electron chi connectivity index (χ0n) is 8.79. The van der Waals surface area contributed by atoms with Gasteiger partial charge in [0.2, 0.25) is 0 Å². The molecule has 2 aromatic rings. The van der Waals surface area contributed by atoms with Gasteiger partial charge in [0.25, 0.3) is 0 Å². The van der Waals surface area contributed by atoms with Crippen molar-refractivity contribution >= 4 is 23.2 Å². The first-order valence-corrected chi connectivity index (χ1v) is 5.88. The van der Waals surface area contributed by atoms with E-state index in [0.29, 0.717) is 16.3 Å². The molecule has 0 atom stereocenters. The average molecular weight is 271 g/mol. The molecule has 0 spiro atoms. The third-order valence-corrected chi connectivity index (χ3v) is 2.75. The van der Waals surface area contributed by atoms with Crippen LogP contribution in [0, 0.1) is 5.82 Å². The Labute approximate surface area is 109 Å². The van der Waals surface area contributed by atoms with E-state index in [-0.39, 0.29) is 11.6 Å². The van der Waals surface area contributed by atoms with Gasteiger partial charge in [-0.15, -0.1) is 11.6 Å². The van der Waals surface area contributed by atoms with Crippen LogP contribution in [-0.4, -0.2) is 0 Å². The quantitative estimate of drug-likeness (QED) is 0.713. The Morgan fingerprint density at radius 3 is 2.35 bits per heavy atom. The first kappa shape index (κ1) is 12.2. The smallest absolute Gasteiger partial charge is 0.166 e. The molecule has 88 valence electrons. The van der Waals surface area contributed by atoms with Crippen LogP contribution in [0.5, 0.6) is 11.5 Å². The van der Waals surface area contributed by atoms with E-state index in [9.17, 15) is 4.39 Å². The summed E-state index contributed by atoms with van der Waals surface area (Å²) >= 11 is 11.3. The van der Waals surface area contributed by atoms with E-state index in [1.54, 1.807) is 36.4 Å². The van der Waals surface area contributed by atoms with Crippen LogP contribution in [0.15, 0.2) is 42.5 Å². The van der Waals surface area contributed by atoms with Crippen molar-refractivity contribution in [3.8, 4) is 11.5 Å². The normalized spacial score (nSPS) is 10.3. The van der Waals surface area contributed by atoms with Gasteiger partial charge in [0.05, 0.1) is 0 Å². The van der Waals surface area contributed by atoms with Crippen LogP contribution in [-0.2, 0) is 5.88 Å². The first-order valence-electron chi connectivity index (χ1n) is 4.97. The number of halogens is 3. The molecule has 0 saturated carbocycles. The highest BCUT2D eigenvalue weighted by atomic mass is 35.5. The molecule has 0 unspecified atom stereocenters. The van der Waals surface area contributed by atoms with E-state index in [1.165, 1.54) is 6.07 Å². The molecule has 0 aliphatic heterocycles. The molecule has 2 aromatic carbocycles. The Morgan fingerprint density at radius 2 is 1.76 bits per heavy atom. The predicted molar refractivity (Wildman–Crippen MR) is 67.5 cm³/mol. The van der Waals surface area contributed by atoms with E-state index in [0.717, 1.165) is 0 Å². The van der Waals surface area contributed by atoms with Crippen molar-refractivity contribution in [1.82, 2.24) is 0 Å². The first-order chi connectivity index (χ1) is 8.19. The summed E-state index contributed by atoms with van der Waals surface area (Å²) in [7, 11) is 0. The second-order valence-electron chi connectivity index (χ2n) is 3.45. The minimum absolute atomic E-state index is 0.168. The van der Waals surface area contributed by atoms with Crippen molar-refractivity contribution in [2.75, 3.05) is 0 Å². The molecule has 0 bridgehead atoms. The molecule has 1 nitrogen and oxygen atoms in total. The molecule has 0 amide bonds. The largest absolute Gasteiger partial charge is 0.454 e. The third-order valence-electron chi connectivity index (χ3n) is 2.19. The van der Waals surface area contributed by atoms with Crippen LogP contribution in [0.3, 0.4) is 0 Å². The Kier molecular flexibility index (Phi) is 3.87. The fourth-order valence-corrected chi connectivity index (χ4v) is 1.63. The maximum atomic E-state index is 13.6. The molecule has 0 radical (unpaired) electrons.